The Balaban J connectivity index is 3.04. The van der Waals surface area contributed by atoms with Crippen LogP contribution in [-0.4, -0.2) is 28.0 Å². The number of aliphatic carboxylic acids is 1. The Morgan fingerprint density at radius 3 is 2.67 bits per heavy atom. The van der Waals surface area contributed by atoms with Gasteiger partial charge in [-0.1, -0.05) is 19.1 Å². The molecule has 8 heteroatoms. The fourth-order valence-electron chi connectivity index (χ4n) is 1.88. The van der Waals surface area contributed by atoms with E-state index in [9.17, 15) is 19.8 Å². The zero-order valence-electron chi connectivity index (χ0n) is 11.5. The molecule has 0 heterocycles. The molecule has 0 aliphatic carbocycles. The van der Waals surface area contributed by atoms with Crippen molar-refractivity contribution in [2.75, 3.05) is 0 Å². The van der Waals surface area contributed by atoms with Crippen molar-refractivity contribution >= 4 is 11.9 Å². The molecule has 112 valence electrons. The summed E-state index contributed by atoms with van der Waals surface area (Å²) in [5, 5.41) is 24.4. The van der Waals surface area contributed by atoms with Crippen molar-refractivity contribution in [1.82, 2.24) is 5.01 Å². The van der Waals surface area contributed by atoms with E-state index in [0.29, 0.717) is 6.42 Å². The van der Waals surface area contributed by atoms with Crippen molar-refractivity contribution in [2.24, 2.45) is 5.22 Å². The molecule has 0 spiro atoms. The summed E-state index contributed by atoms with van der Waals surface area (Å²) in [6.07, 6.45) is 0.229. The molecule has 1 N–H and O–H groups in total. The summed E-state index contributed by atoms with van der Waals surface area (Å²) in [7, 11) is 0. The van der Waals surface area contributed by atoms with Crippen molar-refractivity contribution < 1.29 is 19.8 Å². The largest absolute Gasteiger partial charge is 0.550 e. The highest BCUT2D eigenvalue weighted by atomic mass is 16.4. The minimum Gasteiger partial charge on any atom is -0.550 e. The van der Waals surface area contributed by atoms with E-state index in [2.05, 4.69) is 10.1 Å². The summed E-state index contributed by atoms with van der Waals surface area (Å²) >= 11 is 0. The van der Waals surface area contributed by atoms with Crippen molar-refractivity contribution in [3.05, 3.63) is 40.3 Å². The Morgan fingerprint density at radius 2 is 2.14 bits per heavy atom. The van der Waals surface area contributed by atoms with Gasteiger partial charge < -0.3 is 15.0 Å². The quantitative estimate of drug-likeness (QED) is 0.352. The zero-order valence-corrected chi connectivity index (χ0v) is 11.5. The van der Waals surface area contributed by atoms with Gasteiger partial charge in [-0.05, 0) is 36.6 Å². The number of carbonyl (C=O) groups is 2. The van der Waals surface area contributed by atoms with Crippen LogP contribution in [0.15, 0.2) is 29.5 Å². The minimum atomic E-state index is -1.25. The number of carboxylic acid groups (broad SMARTS) is 1. The van der Waals surface area contributed by atoms with Crippen LogP contribution in [-0.2, 0) is 4.79 Å². The maximum absolute atomic E-state index is 12.3. The maximum Gasteiger partial charge on any atom is 0.348 e. The molecule has 0 saturated heterocycles. The lowest BCUT2D eigenvalue weighted by Gasteiger charge is -2.22. The smallest absolute Gasteiger partial charge is 0.348 e. The fraction of sp³-hybridized carbons (Fsp3) is 0.385. The van der Waals surface area contributed by atoms with Gasteiger partial charge in [0.25, 0.3) is 0 Å². The number of hydrogen-bond acceptors (Lipinski definition) is 5. The van der Waals surface area contributed by atoms with Gasteiger partial charge in [0.2, 0.25) is 0 Å². The maximum atomic E-state index is 12.3. The Morgan fingerprint density at radius 1 is 1.48 bits per heavy atom. The van der Waals surface area contributed by atoms with E-state index >= 15 is 0 Å². The normalized spacial score (nSPS) is 11.3. The first kappa shape index (κ1) is 16.3. The van der Waals surface area contributed by atoms with Crippen molar-refractivity contribution in [3.8, 4) is 5.75 Å². The zero-order chi connectivity index (χ0) is 15.8. The van der Waals surface area contributed by atoms with E-state index in [4.69, 9.17) is 5.53 Å². The number of azide groups is 1. The Labute approximate surface area is 121 Å². The Bertz CT molecular complexity index is 569. The molecular formula is C13H15N4O4-. The molecule has 0 saturated carbocycles. The van der Waals surface area contributed by atoms with Crippen molar-refractivity contribution in [3.63, 3.8) is 0 Å². The van der Waals surface area contributed by atoms with Gasteiger partial charge in [0.15, 0.2) is 0 Å². The van der Waals surface area contributed by atoms with Crippen LogP contribution in [0.3, 0.4) is 0 Å². The van der Waals surface area contributed by atoms with E-state index in [0.717, 1.165) is 5.01 Å². The van der Waals surface area contributed by atoms with E-state index in [1.807, 2.05) is 0 Å². The van der Waals surface area contributed by atoms with Crippen molar-refractivity contribution in [1.29, 1.82) is 0 Å². The number of hydrogen-bond donors (Lipinski definition) is 1. The summed E-state index contributed by atoms with van der Waals surface area (Å²) in [6.45, 7) is 1.73. The number of phenols is 1. The van der Waals surface area contributed by atoms with Crippen LogP contribution >= 0.6 is 0 Å². The second-order valence-electron chi connectivity index (χ2n) is 4.32. The highest BCUT2D eigenvalue weighted by molar-refractivity contribution is 5.96. The number of amides is 1. The van der Waals surface area contributed by atoms with E-state index in [1.165, 1.54) is 12.1 Å². The molecule has 0 aliphatic heterocycles. The lowest BCUT2D eigenvalue weighted by molar-refractivity contribution is -0.306. The predicted molar refractivity (Wildman–Crippen MR) is 71.7 cm³/mol. The van der Waals surface area contributed by atoms with Crippen LogP contribution in [0.5, 0.6) is 5.75 Å². The first-order chi connectivity index (χ1) is 10.0. The standard InChI is InChI=1S/C13H16N4O4/c1-2-9(7-8-12(19)20)17(16-15-14)13(21)10-5-3-4-6-11(10)18/h3-6,9,18H,2,7-8H2,1H3,(H,19,20)/p-1. The monoisotopic (exact) mass is 291 g/mol. The van der Waals surface area contributed by atoms with Crippen LogP contribution < -0.4 is 5.11 Å². The molecule has 8 nitrogen and oxygen atoms in total. The molecule has 1 amide bonds. The molecule has 0 aromatic heterocycles. The SMILES string of the molecule is CCC(CCC(=O)[O-])N(N=[N+]=[N-])C(=O)c1ccccc1O. The van der Waals surface area contributed by atoms with Gasteiger partial charge in [-0.15, -0.1) is 5.53 Å². The third-order valence-corrected chi connectivity index (χ3v) is 2.98. The van der Waals surface area contributed by atoms with Gasteiger partial charge in [-0.2, -0.15) is 9.92 Å². The number of rotatable bonds is 7. The highest BCUT2D eigenvalue weighted by Crippen LogP contribution is 2.21. The molecular weight excluding hydrogens is 276 g/mol. The van der Waals surface area contributed by atoms with E-state index in [-0.39, 0.29) is 24.2 Å². The van der Waals surface area contributed by atoms with Gasteiger partial charge in [-0.25, -0.2) is 4.79 Å². The van der Waals surface area contributed by atoms with Crippen LogP contribution in [0, 0.1) is 0 Å². The molecule has 0 bridgehead atoms. The number of carbonyl (C=O) groups excluding carboxylic acids is 2. The molecule has 21 heavy (non-hydrogen) atoms. The first-order valence-electron chi connectivity index (χ1n) is 6.37. The highest BCUT2D eigenvalue weighted by Gasteiger charge is 2.29. The van der Waals surface area contributed by atoms with Gasteiger partial charge in [-0.3, -0.25) is 0 Å². The average Bonchev–Trinajstić information content (AvgIpc) is 2.46. The Hall–Kier alpha value is -2.73. The van der Waals surface area contributed by atoms with Gasteiger partial charge in [0, 0.05) is 5.97 Å². The third-order valence-electron chi connectivity index (χ3n) is 2.98. The van der Waals surface area contributed by atoms with Crippen LogP contribution in [0.2, 0.25) is 0 Å². The lowest BCUT2D eigenvalue weighted by atomic mass is 10.1. The molecule has 1 aromatic rings. The summed E-state index contributed by atoms with van der Waals surface area (Å²) in [5.41, 5.74) is 8.58. The fourth-order valence-corrected chi connectivity index (χ4v) is 1.88. The van der Waals surface area contributed by atoms with Gasteiger partial charge in [0.1, 0.15) is 17.4 Å². The summed E-state index contributed by atoms with van der Waals surface area (Å²) in [6, 6.07) is 5.25. The predicted octanol–water partition coefficient (Wildman–Crippen LogP) is 1.37. The molecule has 1 rings (SSSR count). The molecule has 1 atom stereocenters. The number of aromatic hydroxyl groups is 1. The summed E-state index contributed by atoms with van der Waals surface area (Å²) in [4.78, 5) is 25.5. The molecule has 0 fully saturated rings. The third kappa shape index (κ3) is 4.39. The van der Waals surface area contributed by atoms with Crippen LogP contribution in [0.1, 0.15) is 36.5 Å². The number of phenolic OH excluding ortho intramolecular Hbond substituents is 1. The van der Waals surface area contributed by atoms with Crippen LogP contribution in [0.4, 0.5) is 0 Å². The molecule has 1 unspecified atom stereocenters. The van der Waals surface area contributed by atoms with Gasteiger partial charge in [0.05, 0.1) is 0 Å². The van der Waals surface area contributed by atoms with Crippen molar-refractivity contribution in [2.45, 2.75) is 32.2 Å². The second kappa shape index (κ2) is 7.76. The number of nitrogens with zero attached hydrogens (tertiary/aromatic N) is 4. The van der Waals surface area contributed by atoms with E-state index < -0.39 is 17.9 Å². The van der Waals surface area contributed by atoms with E-state index in [1.54, 1.807) is 19.1 Å². The summed E-state index contributed by atoms with van der Waals surface area (Å²) in [5.74, 6) is -2.17. The van der Waals surface area contributed by atoms with Crippen LogP contribution in [0.25, 0.3) is 10.4 Å². The number of benzene rings is 1. The number of para-hydroxylation sites is 1. The first-order valence-corrected chi connectivity index (χ1v) is 6.37. The molecule has 0 aliphatic rings. The van der Waals surface area contributed by atoms with Gasteiger partial charge >= 0.3 is 5.91 Å². The summed E-state index contributed by atoms with van der Waals surface area (Å²) < 4.78 is 0. The Kier molecular flexibility index (Phi) is 6.03. The average molecular weight is 291 g/mol. The lowest BCUT2D eigenvalue weighted by Crippen LogP contribution is -2.37. The topological polar surface area (TPSA) is 129 Å². The second-order valence-corrected chi connectivity index (χ2v) is 4.32. The minimum absolute atomic E-state index is 0.0169. The molecule has 1 aromatic carbocycles. The molecule has 0 radical (unpaired) electrons. The number of carboxylic acids is 1.